The number of nitrogens with two attached hydrogens (primary N) is 2. The standard InChI is InChI=1S/C24H30N8OS/c25-21(33)14-32-9-7-15(8-10-32)11-18-5-6-20(22(23(18)34-26)24-28-30-31-29-24)17-3-1-16(2-4-17)19-12-27-13-19/h1-6,15,19,27H,7-14,26H2,(H2,25,33)(H,28,29,30,31). The predicted molar refractivity (Wildman–Crippen MR) is 133 cm³/mol. The minimum Gasteiger partial charge on any atom is -0.369 e. The summed E-state index contributed by atoms with van der Waals surface area (Å²) in [5.74, 6) is 1.40. The number of hydrogen-bond acceptors (Lipinski definition) is 8. The zero-order valence-electron chi connectivity index (χ0n) is 19.0. The monoisotopic (exact) mass is 478 g/mol. The number of carbonyl (C=O) groups is 1. The van der Waals surface area contributed by atoms with E-state index in [9.17, 15) is 4.79 Å². The number of nitrogens with one attached hydrogen (secondary N) is 2. The molecule has 5 rings (SSSR count). The Hall–Kier alpha value is -2.79. The van der Waals surface area contributed by atoms with Gasteiger partial charge in [-0.1, -0.05) is 36.4 Å². The smallest absolute Gasteiger partial charge is 0.231 e. The number of rotatable bonds is 8. The number of hydrogen-bond donors (Lipinski definition) is 4. The number of H-pyrrole nitrogens is 1. The molecule has 1 amide bonds. The number of tetrazole rings is 1. The molecule has 2 saturated heterocycles. The summed E-state index contributed by atoms with van der Waals surface area (Å²) in [4.78, 5) is 14.4. The minimum atomic E-state index is -0.266. The van der Waals surface area contributed by atoms with Gasteiger partial charge in [-0.15, -0.1) is 10.2 Å². The van der Waals surface area contributed by atoms with Crippen LogP contribution >= 0.6 is 11.9 Å². The Morgan fingerprint density at radius 3 is 2.47 bits per heavy atom. The van der Waals surface area contributed by atoms with E-state index in [2.05, 4.69) is 67.2 Å². The van der Waals surface area contributed by atoms with Crippen molar-refractivity contribution in [2.75, 3.05) is 32.7 Å². The van der Waals surface area contributed by atoms with Crippen molar-refractivity contribution in [3.8, 4) is 22.5 Å². The number of aromatic nitrogens is 4. The lowest BCUT2D eigenvalue weighted by Gasteiger charge is -2.31. The van der Waals surface area contributed by atoms with Gasteiger partial charge in [-0.3, -0.25) is 14.8 Å². The van der Waals surface area contributed by atoms with Crippen molar-refractivity contribution >= 4 is 17.9 Å². The molecule has 9 nitrogen and oxygen atoms in total. The summed E-state index contributed by atoms with van der Waals surface area (Å²) in [5, 5.41) is 24.6. The number of nitrogens with zero attached hydrogens (tertiary/aromatic N) is 4. The van der Waals surface area contributed by atoms with Crippen molar-refractivity contribution < 1.29 is 4.79 Å². The third-order valence-corrected chi connectivity index (χ3v) is 7.70. The van der Waals surface area contributed by atoms with Crippen molar-refractivity contribution in [1.82, 2.24) is 30.8 Å². The number of aromatic amines is 1. The molecular formula is C24H30N8OS. The second-order valence-corrected chi connectivity index (χ2v) is 9.84. The zero-order chi connectivity index (χ0) is 23.5. The van der Waals surface area contributed by atoms with Crippen LogP contribution in [-0.2, 0) is 11.2 Å². The second kappa shape index (κ2) is 10.2. The van der Waals surface area contributed by atoms with E-state index in [4.69, 9.17) is 10.9 Å². The van der Waals surface area contributed by atoms with Gasteiger partial charge in [0.1, 0.15) is 0 Å². The maximum absolute atomic E-state index is 11.2. The number of piperidine rings is 1. The molecule has 6 N–H and O–H groups in total. The third kappa shape index (κ3) is 4.85. The summed E-state index contributed by atoms with van der Waals surface area (Å²) in [6.07, 6.45) is 2.97. The summed E-state index contributed by atoms with van der Waals surface area (Å²) in [7, 11) is 0. The molecule has 2 aromatic carbocycles. The Balaban J connectivity index is 1.43. The lowest BCUT2D eigenvalue weighted by Crippen LogP contribution is -2.39. The average Bonchev–Trinajstić information content (AvgIpc) is 3.34. The first-order valence-corrected chi connectivity index (χ1v) is 12.6. The minimum absolute atomic E-state index is 0.266. The zero-order valence-corrected chi connectivity index (χ0v) is 19.9. The van der Waals surface area contributed by atoms with Gasteiger partial charge in [-0.25, -0.2) is 0 Å². The highest BCUT2D eigenvalue weighted by molar-refractivity contribution is 7.97. The van der Waals surface area contributed by atoms with Gasteiger partial charge in [-0.05, 0) is 77.7 Å². The van der Waals surface area contributed by atoms with Crippen molar-refractivity contribution in [2.24, 2.45) is 16.8 Å². The average molecular weight is 479 g/mol. The van der Waals surface area contributed by atoms with Crippen molar-refractivity contribution in [2.45, 2.75) is 30.1 Å². The summed E-state index contributed by atoms with van der Waals surface area (Å²) in [5.41, 5.74) is 11.0. The van der Waals surface area contributed by atoms with E-state index < -0.39 is 0 Å². The van der Waals surface area contributed by atoms with Crippen LogP contribution in [0.15, 0.2) is 41.3 Å². The van der Waals surface area contributed by atoms with Crippen LogP contribution in [0.25, 0.3) is 22.5 Å². The molecule has 3 aromatic rings. The van der Waals surface area contributed by atoms with Crippen LogP contribution in [0.4, 0.5) is 0 Å². The Labute approximate surface area is 203 Å². The summed E-state index contributed by atoms with van der Waals surface area (Å²) in [6.45, 7) is 4.19. The first-order chi connectivity index (χ1) is 16.6. The highest BCUT2D eigenvalue weighted by Gasteiger charge is 2.25. The number of primary amides is 1. The first-order valence-electron chi connectivity index (χ1n) is 11.7. The van der Waals surface area contributed by atoms with Gasteiger partial charge in [0.05, 0.1) is 6.54 Å². The van der Waals surface area contributed by atoms with Crippen LogP contribution in [0.5, 0.6) is 0 Å². The maximum atomic E-state index is 11.2. The molecule has 0 atom stereocenters. The number of benzene rings is 2. The fourth-order valence-electron chi connectivity index (χ4n) is 4.99. The van der Waals surface area contributed by atoms with E-state index in [1.807, 2.05) is 0 Å². The molecule has 10 heteroatoms. The highest BCUT2D eigenvalue weighted by atomic mass is 32.2. The van der Waals surface area contributed by atoms with E-state index in [-0.39, 0.29) is 5.91 Å². The van der Waals surface area contributed by atoms with Crippen molar-refractivity contribution in [1.29, 1.82) is 0 Å². The molecule has 0 radical (unpaired) electrons. The van der Waals surface area contributed by atoms with E-state index in [1.165, 1.54) is 23.1 Å². The molecule has 2 aliphatic heterocycles. The summed E-state index contributed by atoms with van der Waals surface area (Å²) in [6, 6.07) is 13.1. The van der Waals surface area contributed by atoms with Crippen molar-refractivity contribution in [3.05, 3.63) is 47.5 Å². The number of amides is 1. The molecule has 34 heavy (non-hydrogen) atoms. The summed E-state index contributed by atoms with van der Waals surface area (Å²) < 4.78 is 0. The van der Waals surface area contributed by atoms with Crippen LogP contribution in [0, 0.1) is 5.92 Å². The fourth-order valence-corrected chi connectivity index (χ4v) is 5.61. The van der Waals surface area contributed by atoms with Crippen LogP contribution < -0.4 is 16.2 Å². The van der Waals surface area contributed by atoms with Crippen LogP contribution in [0.2, 0.25) is 0 Å². The Morgan fingerprint density at radius 2 is 1.88 bits per heavy atom. The van der Waals surface area contributed by atoms with E-state index in [0.29, 0.717) is 24.2 Å². The van der Waals surface area contributed by atoms with E-state index in [0.717, 1.165) is 67.0 Å². The molecule has 2 fully saturated rings. The van der Waals surface area contributed by atoms with Gasteiger partial charge in [0.2, 0.25) is 11.7 Å². The molecule has 3 heterocycles. The van der Waals surface area contributed by atoms with Gasteiger partial charge in [0.15, 0.2) is 0 Å². The first kappa shape index (κ1) is 23.0. The fraction of sp³-hybridized carbons (Fsp3) is 0.417. The molecule has 0 aliphatic carbocycles. The maximum Gasteiger partial charge on any atom is 0.231 e. The van der Waals surface area contributed by atoms with Gasteiger partial charge >= 0.3 is 0 Å². The van der Waals surface area contributed by atoms with Crippen LogP contribution in [0.1, 0.15) is 29.9 Å². The molecule has 2 aliphatic rings. The molecule has 0 unspecified atom stereocenters. The number of carbonyl (C=O) groups excluding carboxylic acids is 1. The van der Waals surface area contributed by atoms with Crippen molar-refractivity contribution in [3.63, 3.8) is 0 Å². The van der Waals surface area contributed by atoms with Crippen LogP contribution in [0.3, 0.4) is 0 Å². The normalized spacial score (nSPS) is 17.6. The van der Waals surface area contributed by atoms with E-state index >= 15 is 0 Å². The topological polar surface area (TPSA) is 139 Å². The Morgan fingerprint density at radius 1 is 1.12 bits per heavy atom. The largest absolute Gasteiger partial charge is 0.369 e. The second-order valence-electron chi connectivity index (χ2n) is 9.20. The molecule has 0 spiro atoms. The molecule has 178 valence electrons. The highest BCUT2D eigenvalue weighted by Crippen LogP contribution is 2.40. The Bertz CT molecular complexity index is 1120. The lowest BCUT2D eigenvalue weighted by atomic mass is 9.87. The quantitative estimate of drug-likeness (QED) is 0.360. The predicted octanol–water partition coefficient (Wildman–Crippen LogP) is 1.93. The van der Waals surface area contributed by atoms with Gasteiger partial charge in [0.25, 0.3) is 0 Å². The molecule has 0 bridgehead atoms. The van der Waals surface area contributed by atoms with Gasteiger partial charge in [-0.2, -0.15) is 5.21 Å². The molecule has 0 saturated carbocycles. The van der Waals surface area contributed by atoms with E-state index in [1.54, 1.807) is 0 Å². The summed E-state index contributed by atoms with van der Waals surface area (Å²) >= 11 is 1.25. The number of likely N-dealkylation sites (tertiary alicyclic amines) is 1. The third-order valence-electron chi connectivity index (χ3n) is 7.00. The SMILES string of the molecule is NSc1c(CC2CCN(CC(N)=O)CC2)ccc(-c2ccc(C3CNC3)cc2)c1-c1nn[nH]n1. The van der Waals surface area contributed by atoms with Gasteiger partial charge < -0.3 is 11.1 Å². The molecular weight excluding hydrogens is 448 g/mol. The molecule has 1 aromatic heterocycles. The van der Waals surface area contributed by atoms with Crippen LogP contribution in [-0.4, -0.2) is 64.2 Å². The Kier molecular flexibility index (Phi) is 6.91. The lowest BCUT2D eigenvalue weighted by molar-refractivity contribution is -0.119. The van der Waals surface area contributed by atoms with Gasteiger partial charge in [0, 0.05) is 29.5 Å².